The maximum atomic E-state index is 13.1. The number of hydrazine groups is 1. The van der Waals surface area contributed by atoms with Crippen molar-refractivity contribution in [2.75, 3.05) is 12.3 Å². The summed E-state index contributed by atoms with van der Waals surface area (Å²) in [5.41, 5.74) is 4.18. The van der Waals surface area contributed by atoms with E-state index in [9.17, 15) is 9.59 Å². The molecule has 3 rings (SSSR count). The lowest BCUT2D eigenvalue weighted by molar-refractivity contribution is -0.156. The molecule has 7 heteroatoms. The second kappa shape index (κ2) is 12.5. The van der Waals surface area contributed by atoms with E-state index >= 15 is 0 Å². The summed E-state index contributed by atoms with van der Waals surface area (Å²) < 4.78 is 5.99. The molecule has 0 aliphatic carbocycles. The fourth-order valence-electron chi connectivity index (χ4n) is 3.36. The Hall–Kier alpha value is -1.02. The van der Waals surface area contributed by atoms with Gasteiger partial charge in [-0.1, -0.05) is 59.0 Å². The zero-order chi connectivity index (χ0) is 17.8. The molecule has 1 N–H and O–H groups in total. The van der Waals surface area contributed by atoms with Crippen LogP contribution in [0.2, 0.25) is 0 Å². The Labute approximate surface area is 181 Å². The third-order valence-electron chi connectivity index (χ3n) is 4.60. The molecule has 0 bridgehead atoms. The maximum absolute atomic E-state index is 13.1. The van der Waals surface area contributed by atoms with E-state index in [2.05, 4.69) is 19.3 Å². The number of rotatable bonds is 6. The standard InChI is InChI=1S/C19H26N2O3S.2CH4.H2S/c1-13(2)10-16(24-11-14-6-4-3-5-7-14)19(23)21-18-15(22)12-25-17(18)8-9-20-21;;;/h3-7,13,16-18,20H,8-12H2,1-2H3;2*1H4;1H2/t16-,17+,18+;;;/m0.../s1. The molecule has 0 radical (unpaired) electrons. The molecule has 0 saturated carbocycles. The number of carbonyl (C=O) groups excluding carboxylic acids is 2. The van der Waals surface area contributed by atoms with Gasteiger partial charge in [0.15, 0.2) is 5.78 Å². The predicted octanol–water partition coefficient (Wildman–Crippen LogP) is 3.79. The second-order valence-corrected chi connectivity index (χ2v) is 8.31. The van der Waals surface area contributed by atoms with E-state index in [0.717, 1.165) is 18.5 Å². The summed E-state index contributed by atoms with van der Waals surface area (Å²) in [6.07, 6.45) is 1.03. The molecule has 2 aliphatic heterocycles. The van der Waals surface area contributed by atoms with Crippen LogP contribution < -0.4 is 5.43 Å². The highest BCUT2D eigenvalue weighted by Crippen LogP contribution is 2.33. The van der Waals surface area contributed by atoms with E-state index in [-0.39, 0.29) is 51.3 Å². The Morgan fingerprint density at radius 2 is 1.96 bits per heavy atom. The summed E-state index contributed by atoms with van der Waals surface area (Å²) in [7, 11) is 0. The number of hydrogen-bond acceptors (Lipinski definition) is 5. The van der Waals surface area contributed by atoms with Crippen LogP contribution in [0.4, 0.5) is 0 Å². The number of ketones is 1. The number of carbonyl (C=O) groups is 2. The van der Waals surface area contributed by atoms with Gasteiger partial charge in [0.1, 0.15) is 12.1 Å². The minimum Gasteiger partial charge on any atom is -0.364 e. The Morgan fingerprint density at radius 1 is 1.29 bits per heavy atom. The van der Waals surface area contributed by atoms with Crippen molar-refractivity contribution in [3.05, 3.63) is 35.9 Å². The molecule has 0 spiro atoms. The molecule has 1 aromatic carbocycles. The normalized spacial score (nSPS) is 21.8. The van der Waals surface area contributed by atoms with E-state index < -0.39 is 6.10 Å². The molecule has 0 aromatic heterocycles. The van der Waals surface area contributed by atoms with E-state index in [1.807, 2.05) is 30.3 Å². The van der Waals surface area contributed by atoms with Gasteiger partial charge >= 0.3 is 0 Å². The van der Waals surface area contributed by atoms with Crippen molar-refractivity contribution >= 4 is 36.9 Å². The zero-order valence-electron chi connectivity index (χ0n) is 15.3. The molecule has 2 aliphatic rings. The smallest absolute Gasteiger partial charge is 0.266 e. The van der Waals surface area contributed by atoms with Crippen LogP contribution in [-0.4, -0.2) is 46.4 Å². The van der Waals surface area contributed by atoms with Gasteiger partial charge in [-0.15, -0.1) is 11.8 Å². The Morgan fingerprint density at radius 3 is 2.61 bits per heavy atom. The lowest BCUT2D eigenvalue weighted by Crippen LogP contribution is -2.61. The molecule has 2 heterocycles. The maximum Gasteiger partial charge on any atom is 0.266 e. The average Bonchev–Trinajstić information content (AvgIpc) is 3.00. The summed E-state index contributed by atoms with van der Waals surface area (Å²) in [4.78, 5) is 25.4. The van der Waals surface area contributed by atoms with E-state index in [1.54, 1.807) is 16.8 Å². The summed E-state index contributed by atoms with van der Waals surface area (Å²) >= 11 is 1.67. The highest BCUT2D eigenvalue weighted by molar-refractivity contribution is 8.01. The molecule has 2 saturated heterocycles. The monoisotopic (exact) mass is 428 g/mol. The molecule has 28 heavy (non-hydrogen) atoms. The Balaban J connectivity index is 0.00000243. The predicted molar refractivity (Wildman–Crippen MR) is 123 cm³/mol. The molecule has 0 unspecified atom stereocenters. The second-order valence-electron chi connectivity index (χ2n) is 7.08. The van der Waals surface area contributed by atoms with Gasteiger partial charge in [0.05, 0.1) is 12.4 Å². The number of nitrogens with one attached hydrogen (secondary N) is 1. The van der Waals surface area contributed by atoms with Gasteiger partial charge in [-0.25, -0.2) is 5.43 Å². The third kappa shape index (κ3) is 6.51. The van der Waals surface area contributed by atoms with Crippen LogP contribution in [0.1, 0.15) is 47.1 Å². The molecular formula is C21H36N2O3S2. The fourth-order valence-corrected chi connectivity index (χ4v) is 4.65. The first-order valence-electron chi connectivity index (χ1n) is 8.92. The topological polar surface area (TPSA) is 58.6 Å². The first-order valence-corrected chi connectivity index (χ1v) is 9.97. The van der Waals surface area contributed by atoms with Crippen LogP contribution in [0.15, 0.2) is 30.3 Å². The highest BCUT2D eigenvalue weighted by Gasteiger charge is 2.45. The lowest BCUT2D eigenvalue weighted by atomic mass is 10.0. The Kier molecular flexibility index (Phi) is 12.1. The van der Waals surface area contributed by atoms with Crippen LogP contribution in [-0.2, 0) is 20.9 Å². The molecule has 160 valence electrons. The number of thioether (sulfide) groups is 1. The zero-order valence-corrected chi connectivity index (χ0v) is 17.1. The molecule has 3 atom stereocenters. The quantitative estimate of drug-likeness (QED) is 0.747. The summed E-state index contributed by atoms with van der Waals surface area (Å²) in [5.74, 6) is 0.858. The number of amides is 1. The number of hydrogen-bond donors (Lipinski definition) is 1. The van der Waals surface area contributed by atoms with Crippen LogP contribution >= 0.6 is 25.3 Å². The van der Waals surface area contributed by atoms with Crippen molar-refractivity contribution in [3.8, 4) is 0 Å². The van der Waals surface area contributed by atoms with Crippen molar-refractivity contribution in [1.29, 1.82) is 0 Å². The van der Waals surface area contributed by atoms with Gasteiger partial charge in [-0.2, -0.15) is 13.5 Å². The van der Waals surface area contributed by atoms with Gasteiger partial charge in [-0.3, -0.25) is 14.6 Å². The first kappa shape index (κ1) is 27.0. The summed E-state index contributed by atoms with van der Waals surface area (Å²) in [6.45, 7) is 5.28. The van der Waals surface area contributed by atoms with Gasteiger partial charge in [0.2, 0.25) is 0 Å². The van der Waals surface area contributed by atoms with Crippen molar-refractivity contribution in [2.24, 2.45) is 5.92 Å². The molecule has 2 fully saturated rings. The fraction of sp³-hybridized carbons (Fsp3) is 0.619. The molecule has 1 amide bonds. The van der Waals surface area contributed by atoms with Gasteiger partial charge in [-0.05, 0) is 24.3 Å². The molecular weight excluding hydrogens is 392 g/mol. The van der Waals surface area contributed by atoms with Gasteiger partial charge in [0, 0.05) is 11.8 Å². The molecule has 5 nitrogen and oxygen atoms in total. The van der Waals surface area contributed by atoms with Crippen molar-refractivity contribution in [2.45, 2.75) is 65.5 Å². The van der Waals surface area contributed by atoms with Crippen molar-refractivity contribution in [3.63, 3.8) is 0 Å². The van der Waals surface area contributed by atoms with Crippen LogP contribution in [0.5, 0.6) is 0 Å². The van der Waals surface area contributed by atoms with Crippen LogP contribution in [0, 0.1) is 5.92 Å². The van der Waals surface area contributed by atoms with E-state index in [1.165, 1.54) is 0 Å². The van der Waals surface area contributed by atoms with Crippen LogP contribution in [0.25, 0.3) is 0 Å². The number of ether oxygens (including phenoxy) is 1. The van der Waals surface area contributed by atoms with Crippen molar-refractivity contribution in [1.82, 2.24) is 10.4 Å². The molecule has 1 aromatic rings. The van der Waals surface area contributed by atoms with Gasteiger partial charge < -0.3 is 4.74 Å². The lowest BCUT2D eigenvalue weighted by Gasteiger charge is -2.38. The Bertz CT molecular complexity index is 613. The van der Waals surface area contributed by atoms with Crippen LogP contribution in [0.3, 0.4) is 0 Å². The minimum absolute atomic E-state index is 0. The number of fused-ring (bicyclic) bond motifs is 1. The average molecular weight is 429 g/mol. The largest absolute Gasteiger partial charge is 0.364 e. The van der Waals surface area contributed by atoms with E-state index in [0.29, 0.717) is 24.7 Å². The van der Waals surface area contributed by atoms with Crippen molar-refractivity contribution < 1.29 is 14.3 Å². The highest BCUT2D eigenvalue weighted by atomic mass is 32.2. The third-order valence-corrected chi connectivity index (χ3v) is 5.98. The van der Waals surface area contributed by atoms with Gasteiger partial charge in [0.25, 0.3) is 5.91 Å². The number of nitrogens with zero attached hydrogens (tertiary/aromatic N) is 1. The number of benzene rings is 1. The number of Topliss-reactive ketones (excluding diaryl/α,β-unsaturated/α-hetero) is 1. The van der Waals surface area contributed by atoms with E-state index in [4.69, 9.17) is 4.74 Å². The summed E-state index contributed by atoms with van der Waals surface area (Å²) in [6, 6.07) is 9.52. The first-order chi connectivity index (χ1) is 12.1. The summed E-state index contributed by atoms with van der Waals surface area (Å²) in [5, 5.41) is 1.78. The SMILES string of the molecule is C.C.CC(C)C[C@H](OCc1ccccc1)C(=O)N1NCC[C@H]2SCC(=O)[C@H]21.S. The minimum atomic E-state index is -0.537.